The van der Waals surface area contributed by atoms with Gasteiger partial charge in [-0.05, 0) is 36.6 Å². The number of aromatic nitrogens is 3. The molecule has 0 spiro atoms. The topological polar surface area (TPSA) is 88.1 Å². The van der Waals surface area contributed by atoms with Gasteiger partial charge in [-0.15, -0.1) is 0 Å². The molecule has 7 nitrogen and oxygen atoms in total. The summed E-state index contributed by atoms with van der Waals surface area (Å²) in [7, 11) is -0.958. The van der Waals surface area contributed by atoms with Crippen molar-refractivity contribution in [1.29, 1.82) is 0 Å². The molecule has 128 valence electrons. The molecule has 1 aliphatic rings. The zero-order valence-corrected chi connectivity index (χ0v) is 14.4. The summed E-state index contributed by atoms with van der Waals surface area (Å²) in [5.74, 6) is 1.70. The van der Waals surface area contributed by atoms with E-state index >= 15 is 0 Å². The van der Waals surface area contributed by atoms with Gasteiger partial charge in [0, 0.05) is 38.2 Å². The van der Waals surface area contributed by atoms with E-state index in [0.717, 1.165) is 13.0 Å². The van der Waals surface area contributed by atoms with Crippen LogP contribution in [-0.2, 0) is 16.3 Å². The molecule has 0 aromatic carbocycles. The summed E-state index contributed by atoms with van der Waals surface area (Å²) in [5, 5.41) is 3.20. The van der Waals surface area contributed by atoms with Gasteiger partial charge in [-0.2, -0.15) is 4.98 Å². The lowest BCUT2D eigenvalue weighted by Gasteiger charge is -2.18. The number of hydrogen-bond donors (Lipinski definition) is 1. The number of rotatable bonds is 6. The van der Waals surface area contributed by atoms with Crippen LogP contribution in [0.25, 0.3) is 0 Å². The van der Waals surface area contributed by atoms with E-state index in [-0.39, 0.29) is 17.5 Å². The number of sulfone groups is 1. The van der Waals surface area contributed by atoms with Crippen LogP contribution in [-0.4, -0.2) is 54.5 Å². The van der Waals surface area contributed by atoms with Crippen LogP contribution in [0.15, 0.2) is 36.8 Å². The minimum atomic E-state index is -2.90. The van der Waals surface area contributed by atoms with Crippen molar-refractivity contribution < 1.29 is 8.42 Å². The van der Waals surface area contributed by atoms with Gasteiger partial charge in [0.05, 0.1) is 11.5 Å². The molecule has 1 fully saturated rings. The fourth-order valence-corrected chi connectivity index (χ4v) is 4.35. The van der Waals surface area contributed by atoms with Gasteiger partial charge < -0.3 is 10.2 Å². The molecule has 0 bridgehead atoms. The van der Waals surface area contributed by atoms with E-state index < -0.39 is 9.84 Å². The molecule has 1 aliphatic heterocycles. The molecule has 3 heterocycles. The van der Waals surface area contributed by atoms with Gasteiger partial charge in [0.2, 0.25) is 5.95 Å². The molecule has 1 saturated heterocycles. The lowest BCUT2D eigenvalue weighted by molar-refractivity contribution is 0.602. The molecule has 1 atom stereocenters. The molecule has 0 amide bonds. The van der Waals surface area contributed by atoms with E-state index in [0.29, 0.717) is 18.2 Å². The monoisotopic (exact) mass is 347 g/mol. The van der Waals surface area contributed by atoms with Gasteiger partial charge >= 0.3 is 0 Å². The largest absolute Gasteiger partial charge is 0.366 e. The first kappa shape index (κ1) is 16.6. The minimum Gasteiger partial charge on any atom is -0.366 e. The van der Waals surface area contributed by atoms with Gasteiger partial charge in [-0.1, -0.05) is 0 Å². The molecule has 3 rings (SSSR count). The molecular weight excluding hydrogens is 326 g/mol. The molecule has 8 heteroatoms. The van der Waals surface area contributed by atoms with Crippen LogP contribution in [0.5, 0.6) is 0 Å². The second kappa shape index (κ2) is 7.12. The van der Waals surface area contributed by atoms with Crippen LogP contribution in [0.3, 0.4) is 0 Å². The maximum atomic E-state index is 11.5. The average molecular weight is 347 g/mol. The summed E-state index contributed by atoms with van der Waals surface area (Å²) in [6, 6.07) is 5.69. The third-order valence-corrected chi connectivity index (χ3v) is 5.82. The molecule has 0 aliphatic carbocycles. The van der Waals surface area contributed by atoms with Crippen molar-refractivity contribution in [2.75, 3.05) is 35.3 Å². The second-order valence-corrected chi connectivity index (χ2v) is 8.24. The lowest BCUT2D eigenvalue weighted by atomic mass is 10.2. The van der Waals surface area contributed by atoms with Crippen LogP contribution < -0.4 is 10.2 Å². The molecular formula is C16H21N5O2S. The number of nitrogens with one attached hydrogen (secondary N) is 1. The zero-order valence-electron chi connectivity index (χ0n) is 13.6. The van der Waals surface area contributed by atoms with Gasteiger partial charge in [0.25, 0.3) is 0 Å². The highest BCUT2D eigenvalue weighted by atomic mass is 32.2. The predicted molar refractivity (Wildman–Crippen MR) is 93.9 cm³/mol. The molecule has 24 heavy (non-hydrogen) atoms. The average Bonchev–Trinajstić information content (AvgIpc) is 2.92. The fourth-order valence-electron chi connectivity index (χ4n) is 2.68. The third-order valence-electron chi connectivity index (χ3n) is 4.05. The van der Waals surface area contributed by atoms with Crippen LogP contribution in [0.1, 0.15) is 12.0 Å². The van der Waals surface area contributed by atoms with Gasteiger partial charge in [0.1, 0.15) is 5.82 Å². The van der Waals surface area contributed by atoms with E-state index in [1.807, 2.05) is 24.1 Å². The van der Waals surface area contributed by atoms with Crippen molar-refractivity contribution in [3.63, 3.8) is 0 Å². The number of nitrogens with zero attached hydrogens (tertiary/aromatic N) is 4. The van der Waals surface area contributed by atoms with Crippen molar-refractivity contribution in [1.82, 2.24) is 15.0 Å². The van der Waals surface area contributed by atoms with Crippen molar-refractivity contribution in [3.05, 3.63) is 42.4 Å². The summed E-state index contributed by atoms with van der Waals surface area (Å²) in [6.45, 7) is 0.783. The maximum absolute atomic E-state index is 11.5. The van der Waals surface area contributed by atoms with Gasteiger partial charge in [-0.25, -0.2) is 13.4 Å². The standard InChI is InChI=1S/C16H21N5O2S/c1-21(10-5-13-2-7-17-8-3-13)16-18-9-4-15(20-16)19-14-6-11-24(22,23)12-14/h2-4,7-9,14H,5-6,10-12H2,1H3,(H,18,19,20). The first-order valence-electron chi connectivity index (χ1n) is 7.92. The Morgan fingerprint density at radius 1 is 1.25 bits per heavy atom. The third kappa shape index (κ3) is 4.41. The highest BCUT2D eigenvalue weighted by molar-refractivity contribution is 7.91. The smallest absolute Gasteiger partial charge is 0.226 e. The quantitative estimate of drug-likeness (QED) is 0.838. The van der Waals surface area contributed by atoms with E-state index in [4.69, 9.17) is 0 Å². The summed E-state index contributed by atoms with van der Waals surface area (Å²) in [4.78, 5) is 14.8. The minimum absolute atomic E-state index is 0.0696. The van der Waals surface area contributed by atoms with Crippen LogP contribution in [0, 0.1) is 0 Å². The lowest BCUT2D eigenvalue weighted by Crippen LogP contribution is -2.25. The Kier molecular flexibility index (Phi) is 4.94. The summed E-state index contributed by atoms with van der Waals surface area (Å²) in [5.41, 5.74) is 1.21. The van der Waals surface area contributed by atoms with Gasteiger partial charge in [-0.3, -0.25) is 4.98 Å². The summed E-state index contributed by atoms with van der Waals surface area (Å²) in [6.07, 6.45) is 6.76. The molecule has 1 N–H and O–H groups in total. The first-order valence-corrected chi connectivity index (χ1v) is 9.74. The van der Waals surface area contributed by atoms with Crippen molar-refractivity contribution >= 4 is 21.6 Å². The Hall–Kier alpha value is -2.22. The fraction of sp³-hybridized carbons (Fsp3) is 0.438. The van der Waals surface area contributed by atoms with E-state index in [2.05, 4.69) is 20.3 Å². The number of hydrogen-bond acceptors (Lipinski definition) is 7. The zero-order chi connectivity index (χ0) is 17.0. The number of likely N-dealkylation sites (N-methyl/N-ethyl adjacent to an activating group) is 1. The highest BCUT2D eigenvalue weighted by Crippen LogP contribution is 2.17. The summed E-state index contributed by atoms with van der Waals surface area (Å²) >= 11 is 0. The number of anilines is 2. The van der Waals surface area contributed by atoms with Crippen LogP contribution in [0.2, 0.25) is 0 Å². The Morgan fingerprint density at radius 3 is 2.75 bits per heavy atom. The Bertz CT molecular complexity index is 782. The van der Waals surface area contributed by atoms with Gasteiger partial charge in [0.15, 0.2) is 9.84 Å². The second-order valence-electron chi connectivity index (χ2n) is 6.01. The Balaban J connectivity index is 1.60. The van der Waals surface area contributed by atoms with E-state index in [9.17, 15) is 8.42 Å². The normalized spacial score (nSPS) is 19.1. The van der Waals surface area contributed by atoms with Crippen LogP contribution >= 0.6 is 0 Å². The van der Waals surface area contributed by atoms with Crippen LogP contribution in [0.4, 0.5) is 11.8 Å². The Morgan fingerprint density at radius 2 is 2.04 bits per heavy atom. The number of pyridine rings is 1. The maximum Gasteiger partial charge on any atom is 0.226 e. The van der Waals surface area contributed by atoms with E-state index in [1.54, 1.807) is 24.7 Å². The Labute approximate surface area is 142 Å². The van der Waals surface area contributed by atoms with Crippen molar-refractivity contribution in [2.24, 2.45) is 0 Å². The molecule has 2 aromatic rings. The molecule has 0 radical (unpaired) electrons. The summed E-state index contributed by atoms with van der Waals surface area (Å²) < 4.78 is 23.1. The first-order chi connectivity index (χ1) is 11.5. The molecule has 0 saturated carbocycles. The van der Waals surface area contributed by atoms with Crippen molar-refractivity contribution in [3.8, 4) is 0 Å². The van der Waals surface area contributed by atoms with E-state index in [1.165, 1.54) is 5.56 Å². The SMILES string of the molecule is CN(CCc1ccncc1)c1nccc(NC2CCS(=O)(=O)C2)n1. The molecule has 1 unspecified atom stereocenters. The predicted octanol–water partition coefficient (Wildman–Crippen LogP) is 1.15. The van der Waals surface area contributed by atoms with Crippen molar-refractivity contribution in [2.45, 2.75) is 18.9 Å². The molecule has 2 aromatic heterocycles. The highest BCUT2D eigenvalue weighted by Gasteiger charge is 2.27.